The highest BCUT2D eigenvalue weighted by atomic mass is 32.1. The van der Waals surface area contributed by atoms with Crippen LogP contribution >= 0.6 is 11.3 Å². The molecule has 0 saturated carbocycles. The van der Waals surface area contributed by atoms with Crippen LogP contribution in [0, 0.1) is 0 Å². The number of fused-ring (bicyclic) bond motifs is 1. The summed E-state index contributed by atoms with van der Waals surface area (Å²) in [5.74, 6) is 0.828. The first kappa shape index (κ1) is 18.4. The highest BCUT2D eigenvalue weighted by molar-refractivity contribution is 7.08. The number of carbonyl (C=O) groups is 2. The number of carbonyl (C=O) groups excluding carboxylic acids is 2. The molecule has 4 rings (SSSR count). The summed E-state index contributed by atoms with van der Waals surface area (Å²) in [4.78, 5) is 35.9. The van der Waals surface area contributed by atoms with E-state index in [0.29, 0.717) is 17.2 Å². The SMILES string of the molecule is O=C(CCNC(=O)c1ccsc1)Nc1nc2ccccc2nc1N1CCCC1. The summed E-state index contributed by atoms with van der Waals surface area (Å²) in [5, 5.41) is 9.27. The van der Waals surface area contributed by atoms with E-state index in [1.807, 2.05) is 29.6 Å². The molecule has 0 bridgehead atoms. The molecular weight excluding hydrogens is 374 g/mol. The monoisotopic (exact) mass is 395 g/mol. The number of nitrogens with one attached hydrogen (secondary N) is 2. The van der Waals surface area contributed by atoms with Crippen molar-refractivity contribution in [2.45, 2.75) is 19.3 Å². The number of amides is 2. The Balaban J connectivity index is 1.44. The van der Waals surface area contributed by atoms with Crippen molar-refractivity contribution in [2.75, 3.05) is 29.9 Å². The smallest absolute Gasteiger partial charge is 0.252 e. The molecule has 8 heteroatoms. The Labute approximate surface area is 166 Å². The Morgan fingerprint density at radius 2 is 1.82 bits per heavy atom. The minimum atomic E-state index is -0.198. The van der Waals surface area contributed by atoms with Crippen molar-refractivity contribution < 1.29 is 9.59 Å². The van der Waals surface area contributed by atoms with Gasteiger partial charge in [-0.25, -0.2) is 9.97 Å². The Morgan fingerprint density at radius 3 is 2.54 bits per heavy atom. The van der Waals surface area contributed by atoms with Crippen LogP contribution in [0.25, 0.3) is 11.0 Å². The molecule has 3 aromatic rings. The summed E-state index contributed by atoms with van der Waals surface area (Å²) in [6.07, 6.45) is 2.39. The summed E-state index contributed by atoms with van der Waals surface area (Å²) in [5.41, 5.74) is 2.17. The van der Waals surface area contributed by atoms with Crippen molar-refractivity contribution in [2.24, 2.45) is 0 Å². The normalized spacial score (nSPS) is 13.6. The van der Waals surface area contributed by atoms with Gasteiger partial charge in [0.05, 0.1) is 11.0 Å². The molecule has 144 valence electrons. The second-order valence-electron chi connectivity index (χ2n) is 6.64. The minimum Gasteiger partial charge on any atom is -0.354 e. The number of anilines is 2. The molecule has 0 unspecified atom stereocenters. The Hall–Kier alpha value is -3.00. The molecule has 2 aromatic heterocycles. The highest BCUT2D eigenvalue weighted by Crippen LogP contribution is 2.27. The molecule has 0 radical (unpaired) electrons. The van der Waals surface area contributed by atoms with E-state index >= 15 is 0 Å². The molecule has 1 fully saturated rings. The van der Waals surface area contributed by atoms with Crippen LogP contribution < -0.4 is 15.5 Å². The van der Waals surface area contributed by atoms with Gasteiger partial charge in [-0.1, -0.05) is 12.1 Å². The van der Waals surface area contributed by atoms with Gasteiger partial charge in [0.15, 0.2) is 11.6 Å². The lowest BCUT2D eigenvalue weighted by Crippen LogP contribution is -2.28. The molecule has 7 nitrogen and oxygen atoms in total. The van der Waals surface area contributed by atoms with Crippen LogP contribution in [0.3, 0.4) is 0 Å². The first-order chi connectivity index (χ1) is 13.7. The second-order valence-corrected chi connectivity index (χ2v) is 7.42. The van der Waals surface area contributed by atoms with Crippen LogP contribution in [0.2, 0.25) is 0 Å². The van der Waals surface area contributed by atoms with Gasteiger partial charge in [-0.2, -0.15) is 11.3 Å². The lowest BCUT2D eigenvalue weighted by atomic mass is 10.3. The molecule has 1 saturated heterocycles. The van der Waals surface area contributed by atoms with Crippen molar-refractivity contribution >= 4 is 45.8 Å². The third-order valence-electron chi connectivity index (χ3n) is 4.64. The predicted octanol–water partition coefficient (Wildman–Crippen LogP) is 3.05. The lowest BCUT2D eigenvalue weighted by Gasteiger charge is -2.20. The van der Waals surface area contributed by atoms with Crippen LogP contribution in [0.4, 0.5) is 11.6 Å². The summed E-state index contributed by atoms with van der Waals surface area (Å²) < 4.78 is 0. The molecule has 3 heterocycles. The molecular formula is C20H21N5O2S. The van der Waals surface area contributed by atoms with E-state index in [0.717, 1.165) is 37.0 Å². The van der Waals surface area contributed by atoms with Gasteiger partial charge >= 0.3 is 0 Å². The molecule has 2 N–H and O–H groups in total. The van der Waals surface area contributed by atoms with Crippen molar-refractivity contribution in [1.82, 2.24) is 15.3 Å². The van der Waals surface area contributed by atoms with Crippen molar-refractivity contribution in [3.8, 4) is 0 Å². The zero-order valence-corrected chi connectivity index (χ0v) is 16.2. The van der Waals surface area contributed by atoms with Crippen LogP contribution in [-0.4, -0.2) is 41.4 Å². The first-order valence-electron chi connectivity index (χ1n) is 9.33. The maximum Gasteiger partial charge on any atom is 0.252 e. The van der Waals surface area contributed by atoms with E-state index in [1.165, 1.54) is 11.3 Å². The van der Waals surface area contributed by atoms with Gasteiger partial charge in [0.25, 0.3) is 5.91 Å². The van der Waals surface area contributed by atoms with Crippen molar-refractivity contribution in [3.05, 3.63) is 46.7 Å². The molecule has 0 atom stereocenters. The summed E-state index contributed by atoms with van der Waals surface area (Å²) in [6.45, 7) is 2.08. The third kappa shape index (κ3) is 4.12. The number of benzene rings is 1. The molecule has 0 aliphatic carbocycles. The van der Waals surface area contributed by atoms with Gasteiger partial charge in [0.1, 0.15) is 0 Å². The number of thiophene rings is 1. The molecule has 1 aliphatic heterocycles. The quantitative estimate of drug-likeness (QED) is 0.670. The number of nitrogens with zero attached hydrogens (tertiary/aromatic N) is 3. The van der Waals surface area contributed by atoms with Gasteiger partial charge in [-0.3, -0.25) is 9.59 Å². The predicted molar refractivity (Wildman–Crippen MR) is 111 cm³/mol. The molecule has 1 aromatic carbocycles. The van der Waals surface area contributed by atoms with Gasteiger partial charge in [-0.15, -0.1) is 0 Å². The summed E-state index contributed by atoms with van der Waals surface area (Å²) in [7, 11) is 0. The summed E-state index contributed by atoms with van der Waals surface area (Å²) >= 11 is 1.46. The fraction of sp³-hybridized carbons (Fsp3) is 0.300. The van der Waals surface area contributed by atoms with E-state index in [9.17, 15) is 9.59 Å². The lowest BCUT2D eigenvalue weighted by molar-refractivity contribution is -0.116. The Bertz CT molecular complexity index is 983. The fourth-order valence-corrected chi connectivity index (χ4v) is 3.84. The van der Waals surface area contributed by atoms with Gasteiger partial charge in [-0.05, 0) is 36.4 Å². The van der Waals surface area contributed by atoms with E-state index in [4.69, 9.17) is 4.98 Å². The average Bonchev–Trinajstić information content (AvgIpc) is 3.41. The number of hydrogen-bond donors (Lipinski definition) is 2. The van der Waals surface area contributed by atoms with Crippen LogP contribution in [0.1, 0.15) is 29.6 Å². The van der Waals surface area contributed by atoms with Gasteiger partial charge in [0, 0.05) is 37.0 Å². The number of aromatic nitrogens is 2. The van der Waals surface area contributed by atoms with E-state index in [1.54, 1.807) is 11.4 Å². The Morgan fingerprint density at radius 1 is 1.07 bits per heavy atom. The number of hydrogen-bond acceptors (Lipinski definition) is 6. The zero-order chi connectivity index (χ0) is 19.3. The standard InChI is InChI=1S/C20H21N5O2S/c26-17(7-9-21-20(27)14-8-12-28-13-14)24-18-19(25-10-3-4-11-25)23-16-6-2-1-5-15(16)22-18/h1-2,5-6,8,12-13H,3-4,7,9-11H2,(H,21,27)(H,22,24,26). The largest absolute Gasteiger partial charge is 0.354 e. The summed E-state index contributed by atoms with van der Waals surface area (Å²) in [6, 6.07) is 9.39. The van der Waals surface area contributed by atoms with Crippen molar-refractivity contribution in [3.63, 3.8) is 0 Å². The minimum absolute atomic E-state index is 0.169. The maximum atomic E-state index is 12.4. The second kappa shape index (κ2) is 8.35. The van der Waals surface area contributed by atoms with Crippen LogP contribution in [-0.2, 0) is 4.79 Å². The van der Waals surface area contributed by atoms with Crippen molar-refractivity contribution in [1.29, 1.82) is 0 Å². The highest BCUT2D eigenvalue weighted by Gasteiger charge is 2.20. The molecule has 2 amide bonds. The first-order valence-corrected chi connectivity index (χ1v) is 10.3. The number of rotatable bonds is 6. The van der Waals surface area contributed by atoms with Crippen LogP contribution in [0.5, 0.6) is 0 Å². The van der Waals surface area contributed by atoms with Gasteiger partial charge < -0.3 is 15.5 Å². The van der Waals surface area contributed by atoms with Gasteiger partial charge in [0.2, 0.25) is 5.91 Å². The average molecular weight is 395 g/mol. The zero-order valence-electron chi connectivity index (χ0n) is 15.4. The van der Waals surface area contributed by atoms with E-state index in [2.05, 4.69) is 20.5 Å². The molecule has 1 aliphatic rings. The van der Waals surface area contributed by atoms with Crippen LogP contribution in [0.15, 0.2) is 41.1 Å². The van der Waals surface area contributed by atoms with E-state index < -0.39 is 0 Å². The maximum absolute atomic E-state index is 12.4. The third-order valence-corrected chi connectivity index (χ3v) is 5.32. The number of para-hydroxylation sites is 2. The topological polar surface area (TPSA) is 87.2 Å². The van der Waals surface area contributed by atoms with E-state index in [-0.39, 0.29) is 24.8 Å². The molecule has 28 heavy (non-hydrogen) atoms. The fourth-order valence-electron chi connectivity index (χ4n) is 3.20. The Kier molecular flexibility index (Phi) is 5.48. The molecule has 0 spiro atoms.